The zero-order valence-electron chi connectivity index (χ0n) is 12.5. The molecular weight excluding hydrogens is 241 g/mol. The van der Waals surface area contributed by atoms with Crippen molar-refractivity contribution in [3.8, 4) is 5.75 Å². The predicted octanol–water partition coefficient (Wildman–Crippen LogP) is 4.31. The van der Waals surface area contributed by atoms with E-state index in [9.17, 15) is 4.39 Å². The minimum Gasteiger partial charge on any atom is -0.494 e. The second-order valence-electron chi connectivity index (χ2n) is 4.92. The Labute approximate surface area is 116 Å². The maximum atomic E-state index is 13.5. The van der Waals surface area contributed by atoms with Crippen LogP contribution in [0.25, 0.3) is 0 Å². The van der Waals surface area contributed by atoms with E-state index in [2.05, 4.69) is 26.1 Å². The average Bonchev–Trinajstić information content (AvgIpc) is 2.44. The highest BCUT2D eigenvalue weighted by molar-refractivity contribution is 5.32. The van der Waals surface area contributed by atoms with Gasteiger partial charge in [0, 0.05) is 6.04 Å². The average molecular weight is 267 g/mol. The lowest BCUT2D eigenvalue weighted by atomic mass is 9.91. The van der Waals surface area contributed by atoms with E-state index in [-0.39, 0.29) is 11.9 Å². The maximum absolute atomic E-state index is 13.5. The Balaban J connectivity index is 2.91. The van der Waals surface area contributed by atoms with Crippen LogP contribution in [0.15, 0.2) is 18.2 Å². The van der Waals surface area contributed by atoms with Gasteiger partial charge in [-0.25, -0.2) is 4.39 Å². The zero-order chi connectivity index (χ0) is 14.3. The van der Waals surface area contributed by atoms with Crippen molar-refractivity contribution >= 4 is 0 Å². The molecule has 0 aliphatic heterocycles. The molecule has 0 saturated heterocycles. The van der Waals surface area contributed by atoms with E-state index in [1.54, 1.807) is 0 Å². The molecule has 0 amide bonds. The van der Waals surface area contributed by atoms with E-state index in [0.717, 1.165) is 18.5 Å². The second-order valence-corrected chi connectivity index (χ2v) is 4.92. The lowest BCUT2D eigenvalue weighted by Crippen LogP contribution is -2.23. The number of nitrogens with one attached hydrogen (secondary N) is 1. The van der Waals surface area contributed by atoms with E-state index in [1.165, 1.54) is 26.0 Å². The fourth-order valence-electron chi connectivity index (χ4n) is 2.43. The first-order chi connectivity index (χ1) is 9.15. The standard InChI is InChI=1S/C16H26FNO/c1-5-12(6-2)10-15(18-7-3)13-8-9-14(17)16(11-13)19-4/h8-9,11-12,15,18H,5-7,10H2,1-4H3. The summed E-state index contributed by atoms with van der Waals surface area (Å²) in [6, 6.07) is 5.42. The molecule has 0 saturated carbocycles. The van der Waals surface area contributed by atoms with Gasteiger partial charge in [0.05, 0.1) is 7.11 Å². The van der Waals surface area contributed by atoms with Crippen LogP contribution in [0.2, 0.25) is 0 Å². The molecule has 0 spiro atoms. The van der Waals surface area contributed by atoms with Gasteiger partial charge in [0.25, 0.3) is 0 Å². The molecule has 19 heavy (non-hydrogen) atoms. The number of halogens is 1. The summed E-state index contributed by atoms with van der Waals surface area (Å²) in [4.78, 5) is 0. The lowest BCUT2D eigenvalue weighted by Gasteiger charge is -2.23. The Kier molecular flexibility index (Phi) is 6.85. The molecule has 1 aromatic rings. The predicted molar refractivity (Wildman–Crippen MR) is 78.1 cm³/mol. The number of hydrogen-bond donors (Lipinski definition) is 1. The molecule has 0 fully saturated rings. The topological polar surface area (TPSA) is 21.3 Å². The van der Waals surface area contributed by atoms with Crippen LogP contribution in [-0.4, -0.2) is 13.7 Å². The molecule has 1 atom stereocenters. The SMILES string of the molecule is CCNC(CC(CC)CC)c1ccc(F)c(OC)c1. The number of benzene rings is 1. The van der Waals surface area contributed by atoms with Gasteiger partial charge in [-0.3, -0.25) is 0 Å². The van der Waals surface area contributed by atoms with Crippen molar-refractivity contribution in [3.05, 3.63) is 29.6 Å². The summed E-state index contributed by atoms with van der Waals surface area (Å²) in [6.07, 6.45) is 3.43. The Morgan fingerprint density at radius 2 is 1.89 bits per heavy atom. The Morgan fingerprint density at radius 3 is 2.42 bits per heavy atom. The van der Waals surface area contributed by atoms with Crippen molar-refractivity contribution in [2.75, 3.05) is 13.7 Å². The van der Waals surface area contributed by atoms with Gasteiger partial charge in [0.2, 0.25) is 0 Å². The van der Waals surface area contributed by atoms with Gasteiger partial charge in [-0.05, 0) is 36.6 Å². The first-order valence-electron chi connectivity index (χ1n) is 7.22. The van der Waals surface area contributed by atoms with Crippen molar-refractivity contribution in [1.29, 1.82) is 0 Å². The molecule has 0 bridgehead atoms. The number of methoxy groups -OCH3 is 1. The highest BCUT2D eigenvalue weighted by atomic mass is 19.1. The molecule has 0 heterocycles. The van der Waals surface area contributed by atoms with Crippen molar-refractivity contribution in [2.24, 2.45) is 5.92 Å². The van der Waals surface area contributed by atoms with Crippen LogP contribution in [0.4, 0.5) is 4.39 Å². The van der Waals surface area contributed by atoms with Crippen LogP contribution in [0, 0.1) is 11.7 Å². The van der Waals surface area contributed by atoms with Crippen molar-refractivity contribution in [2.45, 2.75) is 46.1 Å². The molecular formula is C16H26FNO. The molecule has 1 aromatic carbocycles. The second kappa shape index (κ2) is 8.16. The van der Waals surface area contributed by atoms with Crippen molar-refractivity contribution in [3.63, 3.8) is 0 Å². The zero-order valence-corrected chi connectivity index (χ0v) is 12.5. The molecule has 0 radical (unpaired) electrons. The van der Waals surface area contributed by atoms with Crippen molar-refractivity contribution < 1.29 is 9.13 Å². The molecule has 1 rings (SSSR count). The lowest BCUT2D eigenvalue weighted by molar-refractivity contribution is 0.367. The van der Waals surface area contributed by atoms with Gasteiger partial charge in [0.15, 0.2) is 11.6 Å². The van der Waals surface area contributed by atoms with Gasteiger partial charge in [-0.15, -0.1) is 0 Å². The molecule has 0 aromatic heterocycles. The summed E-state index contributed by atoms with van der Waals surface area (Å²) < 4.78 is 18.5. The third-order valence-electron chi connectivity index (χ3n) is 3.75. The number of rotatable bonds is 8. The number of ether oxygens (including phenoxy) is 1. The molecule has 3 heteroatoms. The maximum Gasteiger partial charge on any atom is 0.165 e. The third kappa shape index (κ3) is 4.50. The molecule has 1 unspecified atom stereocenters. The van der Waals surface area contributed by atoms with Crippen LogP contribution in [0.5, 0.6) is 5.75 Å². The summed E-state index contributed by atoms with van der Waals surface area (Å²) >= 11 is 0. The fourth-order valence-corrected chi connectivity index (χ4v) is 2.43. The Bertz CT molecular complexity index is 377. The normalized spacial score (nSPS) is 12.7. The monoisotopic (exact) mass is 267 g/mol. The molecule has 2 nitrogen and oxygen atoms in total. The van der Waals surface area contributed by atoms with Gasteiger partial charge < -0.3 is 10.1 Å². The summed E-state index contributed by atoms with van der Waals surface area (Å²) in [5, 5.41) is 3.49. The Morgan fingerprint density at radius 1 is 1.21 bits per heavy atom. The smallest absolute Gasteiger partial charge is 0.165 e. The highest BCUT2D eigenvalue weighted by Crippen LogP contribution is 2.28. The van der Waals surface area contributed by atoms with E-state index in [4.69, 9.17) is 4.74 Å². The number of hydrogen-bond acceptors (Lipinski definition) is 2. The summed E-state index contributed by atoms with van der Waals surface area (Å²) in [5.74, 6) is 0.717. The van der Waals surface area contributed by atoms with E-state index < -0.39 is 0 Å². The first-order valence-corrected chi connectivity index (χ1v) is 7.22. The van der Waals surface area contributed by atoms with Gasteiger partial charge in [-0.1, -0.05) is 39.7 Å². The molecule has 1 N–H and O–H groups in total. The molecule has 0 aliphatic carbocycles. The summed E-state index contributed by atoms with van der Waals surface area (Å²) in [7, 11) is 1.51. The van der Waals surface area contributed by atoms with Crippen LogP contribution in [0.1, 0.15) is 51.6 Å². The van der Waals surface area contributed by atoms with Crippen LogP contribution >= 0.6 is 0 Å². The minimum absolute atomic E-state index is 0.268. The quantitative estimate of drug-likeness (QED) is 0.757. The van der Waals surface area contributed by atoms with Crippen LogP contribution in [0.3, 0.4) is 0 Å². The largest absolute Gasteiger partial charge is 0.494 e. The fraction of sp³-hybridized carbons (Fsp3) is 0.625. The van der Waals surface area contributed by atoms with E-state index in [1.807, 2.05) is 12.1 Å². The summed E-state index contributed by atoms with van der Waals surface area (Å²) in [6.45, 7) is 7.45. The van der Waals surface area contributed by atoms with Crippen molar-refractivity contribution in [1.82, 2.24) is 5.32 Å². The highest BCUT2D eigenvalue weighted by Gasteiger charge is 2.17. The van der Waals surface area contributed by atoms with Gasteiger partial charge in [0.1, 0.15) is 0 Å². The van der Waals surface area contributed by atoms with Crippen LogP contribution < -0.4 is 10.1 Å². The molecule has 108 valence electrons. The Hall–Kier alpha value is -1.09. The summed E-state index contributed by atoms with van der Waals surface area (Å²) in [5.41, 5.74) is 1.10. The van der Waals surface area contributed by atoms with Gasteiger partial charge in [-0.2, -0.15) is 0 Å². The van der Waals surface area contributed by atoms with E-state index in [0.29, 0.717) is 11.7 Å². The van der Waals surface area contributed by atoms with Gasteiger partial charge >= 0.3 is 0 Å². The first kappa shape index (κ1) is 16.0. The van der Waals surface area contributed by atoms with Crippen LogP contribution in [-0.2, 0) is 0 Å². The molecule has 0 aliphatic rings. The van der Waals surface area contributed by atoms with E-state index >= 15 is 0 Å². The third-order valence-corrected chi connectivity index (χ3v) is 3.75. The minimum atomic E-state index is -0.302.